The van der Waals surface area contributed by atoms with Gasteiger partial charge in [-0.05, 0) is 55.6 Å². The average Bonchev–Trinajstić information content (AvgIpc) is 2.69. The molecule has 0 fully saturated rings. The van der Waals surface area contributed by atoms with E-state index in [0.717, 1.165) is 24.4 Å². The summed E-state index contributed by atoms with van der Waals surface area (Å²) >= 11 is 8.28. The second-order valence-corrected chi connectivity index (χ2v) is 7.44. The standard InChI is InChI=1S/C13H10Br2O2S/c1-17-9-4-2-8(3-5-9)6-11(16)10-7-12(14)18-13(10)15/h2-5,7H,6H2,1H3. The van der Waals surface area contributed by atoms with Crippen LogP contribution in [0.1, 0.15) is 15.9 Å². The lowest BCUT2D eigenvalue weighted by Gasteiger charge is -2.02. The first-order valence-electron chi connectivity index (χ1n) is 5.21. The molecule has 1 aromatic heterocycles. The van der Waals surface area contributed by atoms with Gasteiger partial charge in [-0.15, -0.1) is 11.3 Å². The number of methoxy groups -OCH3 is 1. The number of hydrogen-bond acceptors (Lipinski definition) is 3. The van der Waals surface area contributed by atoms with Crippen molar-refractivity contribution in [1.29, 1.82) is 0 Å². The van der Waals surface area contributed by atoms with Gasteiger partial charge in [0.1, 0.15) is 5.75 Å². The number of ketones is 1. The molecule has 1 heterocycles. The molecule has 0 amide bonds. The third-order valence-corrected chi connectivity index (χ3v) is 4.82. The molecule has 5 heteroatoms. The first-order valence-corrected chi connectivity index (χ1v) is 7.61. The number of carbonyl (C=O) groups is 1. The molecule has 0 saturated heterocycles. The Labute approximate surface area is 126 Å². The van der Waals surface area contributed by atoms with Crippen molar-refractivity contribution in [3.8, 4) is 5.75 Å². The molecule has 0 aliphatic heterocycles. The molecule has 0 unspecified atom stereocenters. The number of carbonyl (C=O) groups excluding carboxylic acids is 1. The summed E-state index contributed by atoms with van der Waals surface area (Å²) < 4.78 is 6.90. The minimum Gasteiger partial charge on any atom is -0.497 e. The molecule has 0 N–H and O–H groups in total. The molecule has 94 valence electrons. The van der Waals surface area contributed by atoms with Gasteiger partial charge in [0.05, 0.1) is 14.7 Å². The fourth-order valence-corrected chi connectivity index (χ4v) is 4.41. The number of halogens is 2. The highest BCUT2D eigenvalue weighted by Crippen LogP contribution is 2.32. The van der Waals surface area contributed by atoms with E-state index in [1.54, 1.807) is 7.11 Å². The van der Waals surface area contributed by atoms with Crippen molar-refractivity contribution >= 4 is 49.0 Å². The molecule has 2 aromatic rings. The molecule has 18 heavy (non-hydrogen) atoms. The van der Waals surface area contributed by atoms with Gasteiger partial charge < -0.3 is 4.74 Å². The Morgan fingerprint density at radius 1 is 1.28 bits per heavy atom. The van der Waals surface area contributed by atoms with Crippen LogP contribution in [0.25, 0.3) is 0 Å². The van der Waals surface area contributed by atoms with E-state index in [-0.39, 0.29) is 5.78 Å². The predicted molar refractivity (Wildman–Crippen MR) is 80.7 cm³/mol. The monoisotopic (exact) mass is 388 g/mol. The molecular formula is C13H10Br2O2S. The summed E-state index contributed by atoms with van der Waals surface area (Å²) in [6, 6.07) is 9.39. The van der Waals surface area contributed by atoms with Crippen molar-refractivity contribution in [1.82, 2.24) is 0 Å². The second kappa shape index (κ2) is 5.99. The Bertz CT molecular complexity index is 561. The minimum atomic E-state index is 0.106. The van der Waals surface area contributed by atoms with Gasteiger partial charge in [-0.3, -0.25) is 4.79 Å². The second-order valence-electron chi connectivity index (χ2n) is 3.69. The first kappa shape index (κ1) is 13.8. The van der Waals surface area contributed by atoms with E-state index in [1.807, 2.05) is 30.3 Å². The summed E-state index contributed by atoms with van der Waals surface area (Å²) in [6.45, 7) is 0. The van der Waals surface area contributed by atoms with Crippen LogP contribution in [0.5, 0.6) is 5.75 Å². The van der Waals surface area contributed by atoms with Gasteiger partial charge in [0, 0.05) is 12.0 Å². The zero-order valence-corrected chi connectivity index (χ0v) is 13.6. The maximum absolute atomic E-state index is 12.1. The van der Waals surface area contributed by atoms with Crippen LogP contribution in [-0.2, 0) is 6.42 Å². The van der Waals surface area contributed by atoms with Crippen molar-refractivity contribution in [3.05, 3.63) is 49.0 Å². The SMILES string of the molecule is COc1ccc(CC(=O)c2cc(Br)sc2Br)cc1. The predicted octanol–water partition coefficient (Wildman–Crippen LogP) is 4.71. The van der Waals surface area contributed by atoms with E-state index < -0.39 is 0 Å². The van der Waals surface area contributed by atoms with Crippen LogP contribution in [0.3, 0.4) is 0 Å². The van der Waals surface area contributed by atoms with Crippen molar-refractivity contribution in [2.24, 2.45) is 0 Å². The summed E-state index contributed by atoms with van der Waals surface area (Å²) in [5.41, 5.74) is 1.71. The topological polar surface area (TPSA) is 26.3 Å². The fourth-order valence-electron chi connectivity index (χ4n) is 1.55. The molecule has 1 aromatic carbocycles. The maximum atomic E-state index is 12.1. The maximum Gasteiger partial charge on any atom is 0.169 e. The number of thiophene rings is 1. The highest BCUT2D eigenvalue weighted by Gasteiger charge is 2.14. The number of ether oxygens (including phenoxy) is 1. The molecule has 0 spiro atoms. The molecule has 0 aliphatic rings. The average molecular weight is 390 g/mol. The molecule has 0 bridgehead atoms. The van der Waals surface area contributed by atoms with Crippen LogP contribution in [0.4, 0.5) is 0 Å². The lowest BCUT2D eigenvalue weighted by Crippen LogP contribution is -2.02. The summed E-state index contributed by atoms with van der Waals surface area (Å²) in [6.07, 6.45) is 0.395. The van der Waals surface area contributed by atoms with Gasteiger partial charge in [0.15, 0.2) is 5.78 Å². The van der Waals surface area contributed by atoms with Crippen molar-refractivity contribution in [2.45, 2.75) is 6.42 Å². The van der Waals surface area contributed by atoms with Crippen LogP contribution in [-0.4, -0.2) is 12.9 Å². The third kappa shape index (κ3) is 3.22. The van der Waals surface area contributed by atoms with Crippen LogP contribution in [0.15, 0.2) is 37.9 Å². The molecule has 0 aliphatic carbocycles. The van der Waals surface area contributed by atoms with E-state index >= 15 is 0 Å². The van der Waals surface area contributed by atoms with Crippen LogP contribution < -0.4 is 4.74 Å². The third-order valence-electron chi connectivity index (χ3n) is 2.48. The summed E-state index contributed by atoms with van der Waals surface area (Å²) in [5.74, 6) is 0.902. The summed E-state index contributed by atoms with van der Waals surface area (Å²) in [5, 5.41) is 0. The van der Waals surface area contributed by atoms with Crippen LogP contribution in [0, 0.1) is 0 Å². The molecule has 0 radical (unpaired) electrons. The smallest absolute Gasteiger partial charge is 0.169 e. The van der Waals surface area contributed by atoms with Crippen LogP contribution in [0.2, 0.25) is 0 Å². The Balaban J connectivity index is 2.13. The number of benzene rings is 1. The lowest BCUT2D eigenvalue weighted by atomic mass is 10.1. The zero-order valence-electron chi connectivity index (χ0n) is 9.57. The van der Waals surface area contributed by atoms with Gasteiger partial charge in [-0.1, -0.05) is 12.1 Å². The largest absolute Gasteiger partial charge is 0.497 e. The molecule has 2 rings (SSSR count). The number of rotatable bonds is 4. The normalized spacial score (nSPS) is 10.4. The Kier molecular flexibility index (Phi) is 4.59. The van der Waals surface area contributed by atoms with Gasteiger partial charge in [-0.2, -0.15) is 0 Å². The fraction of sp³-hybridized carbons (Fsp3) is 0.154. The van der Waals surface area contributed by atoms with Gasteiger partial charge in [0.2, 0.25) is 0 Å². The van der Waals surface area contributed by atoms with Gasteiger partial charge >= 0.3 is 0 Å². The summed E-state index contributed by atoms with van der Waals surface area (Å²) in [7, 11) is 1.63. The Morgan fingerprint density at radius 3 is 2.44 bits per heavy atom. The molecule has 2 nitrogen and oxygen atoms in total. The Hall–Kier alpha value is -0.650. The van der Waals surface area contributed by atoms with E-state index in [9.17, 15) is 4.79 Å². The van der Waals surface area contributed by atoms with Gasteiger partial charge in [-0.25, -0.2) is 0 Å². The van der Waals surface area contributed by atoms with E-state index in [1.165, 1.54) is 11.3 Å². The minimum absolute atomic E-state index is 0.106. The first-order chi connectivity index (χ1) is 8.60. The molecule has 0 atom stereocenters. The lowest BCUT2D eigenvalue weighted by molar-refractivity contribution is 0.0992. The highest BCUT2D eigenvalue weighted by atomic mass is 79.9. The van der Waals surface area contributed by atoms with Crippen molar-refractivity contribution in [2.75, 3.05) is 7.11 Å². The number of hydrogen-bond donors (Lipinski definition) is 0. The molecule has 0 saturated carbocycles. The zero-order chi connectivity index (χ0) is 13.1. The summed E-state index contributed by atoms with van der Waals surface area (Å²) in [4.78, 5) is 12.1. The van der Waals surface area contributed by atoms with Crippen molar-refractivity contribution < 1.29 is 9.53 Å². The highest BCUT2D eigenvalue weighted by molar-refractivity contribution is 9.12. The Morgan fingerprint density at radius 2 is 1.94 bits per heavy atom. The van der Waals surface area contributed by atoms with E-state index in [0.29, 0.717) is 6.42 Å². The van der Waals surface area contributed by atoms with Crippen LogP contribution >= 0.6 is 43.2 Å². The molecular weight excluding hydrogens is 380 g/mol. The van der Waals surface area contributed by atoms with E-state index in [4.69, 9.17) is 4.74 Å². The van der Waals surface area contributed by atoms with Crippen molar-refractivity contribution in [3.63, 3.8) is 0 Å². The van der Waals surface area contributed by atoms with Gasteiger partial charge in [0.25, 0.3) is 0 Å². The number of Topliss-reactive ketones (excluding diaryl/α,β-unsaturated/α-hetero) is 1. The van der Waals surface area contributed by atoms with E-state index in [2.05, 4.69) is 31.9 Å². The quantitative estimate of drug-likeness (QED) is 0.708.